The molecule has 0 atom stereocenters. The second-order valence-electron chi connectivity index (χ2n) is 9.19. The van der Waals surface area contributed by atoms with Crippen molar-refractivity contribution in [2.24, 2.45) is 5.92 Å². The number of ether oxygens (including phenoxy) is 4. The molecule has 0 aromatic heterocycles. The van der Waals surface area contributed by atoms with Gasteiger partial charge in [0.2, 0.25) is 0 Å². The molecule has 3 rings (SSSR count). The molecule has 0 aliphatic rings. The van der Waals surface area contributed by atoms with E-state index in [1.807, 2.05) is 60.7 Å². The third-order valence-corrected chi connectivity index (χ3v) is 5.73. The maximum absolute atomic E-state index is 12.2. The number of carbonyl (C=O) groups excluding carboxylic acids is 3. The lowest BCUT2D eigenvalue weighted by atomic mass is 10.0. The minimum atomic E-state index is -0.481. The Balaban J connectivity index is 1.42. The van der Waals surface area contributed by atoms with Crippen LogP contribution >= 0.6 is 0 Å². The van der Waals surface area contributed by atoms with Crippen LogP contribution in [0.15, 0.2) is 91.5 Å². The van der Waals surface area contributed by atoms with Gasteiger partial charge in [-0.2, -0.15) is 0 Å². The Bertz CT molecular complexity index is 1290. The highest BCUT2D eigenvalue weighted by atomic mass is 16.5. The van der Waals surface area contributed by atoms with Gasteiger partial charge < -0.3 is 18.9 Å². The first-order valence-corrected chi connectivity index (χ1v) is 13.1. The highest BCUT2D eigenvalue weighted by Crippen LogP contribution is 2.23. The van der Waals surface area contributed by atoms with Gasteiger partial charge in [0.25, 0.3) is 0 Å². The zero-order valence-corrected chi connectivity index (χ0v) is 22.8. The fourth-order valence-corrected chi connectivity index (χ4v) is 3.49. The number of hydrogen-bond donors (Lipinski definition) is 0. The van der Waals surface area contributed by atoms with Gasteiger partial charge in [0.15, 0.2) is 0 Å². The smallest absolute Gasteiger partial charge is 0.336 e. The van der Waals surface area contributed by atoms with Crippen LogP contribution in [0.5, 0.6) is 11.5 Å². The third kappa shape index (κ3) is 10.3. The maximum atomic E-state index is 12.2. The molecule has 0 N–H and O–H groups in total. The van der Waals surface area contributed by atoms with Gasteiger partial charge in [-0.25, -0.2) is 9.59 Å². The van der Waals surface area contributed by atoms with Crippen LogP contribution in [0, 0.1) is 5.92 Å². The Morgan fingerprint density at radius 3 is 2.00 bits per heavy atom. The van der Waals surface area contributed by atoms with Gasteiger partial charge in [0.1, 0.15) is 11.5 Å². The summed E-state index contributed by atoms with van der Waals surface area (Å²) in [6.07, 6.45) is 5.39. The summed E-state index contributed by atoms with van der Waals surface area (Å²) >= 11 is 0. The normalized spacial score (nSPS) is 10.8. The second kappa shape index (κ2) is 15.7. The highest BCUT2D eigenvalue weighted by Gasteiger charge is 2.07. The van der Waals surface area contributed by atoms with Gasteiger partial charge in [-0.3, -0.25) is 4.79 Å². The van der Waals surface area contributed by atoms with Gasteiger partial charge in [-0.15, -0.1) is 0 Å². The number of hydrogen-bond acceptors (Lipinski definition) is 7. The second-order valence-corrected chi connectivity index (χ2v) is 9.19. The van der Waals surface area contributed by atoms with Gasteiger partial charge >= 0.3 is 17.9 Å². The molecule has 0 saturated carbocycles. The highest BCUT2D eigenvalue weighted by molar-refractivity contribution is 5.88. The Morgan fingerprint density at radius 1 is 0.750 bits per heavy atom. The predicted molar refractivity (Wildman–Crippen MR) is 154 cm³/mol. The molecule has 0 amide bonds. The molecule has 0 aliphatic carbocycles. The Labute approximate surface area is 235 Å². The molecule has 3 aromatic carbocycles. The van der Waals surface area contributed by atoms with Crippen molar-refractivity contribution in [2.75, 3.05) is 19.8 Å². The molecule has 7 nitrogen and oxygen atoms in total. The summed E-state index contributed by atoms with van der Waals surface area (Å²) in [6.45, 7) is 8.04. The summed E-state index contributed by atoms with van der Waals surface area (Å²) in [7, 11) is 0. The van der Waals surface area contributed by atoms with Crippen molar-refractivity contribution in [2.45, 2.75) is 26.7 Å². The number of esters is 3. The average molecular weight is 543 g/mol. The van der Waals surface area contributed by atoms with Crippen molar-refractivity contribution < 1.29 is 33.3 Å². The standard InChI is InChI=1S/C33H34O7/c1-4-31(34)38-23-20-26-8-15-30(16-9-26)40-32(35)19-10-25-6-11-27(12-7-25)28-13-17-29(18-14-28)37-21-5-22-39-33(36)24(2)3/h4,6-19,24H,1,5,20-23H2,2-3H3/b19-10+. The molecule has 0 fully saturated rings. The minimum absolute atomic E-state index is 0.125. The zero-order chi connectivity index (χ0) is 28.7. The van der Waals surface area contributed by atoms with Crippen LogP contribution in [-0.2, 0) is 30.3 Å². The van der Waals surface area contributed by atoms with Crippen LogP contribution in [0.3, 0.4) is 0 Å². The lowest BCUT2D eigenvalue weighted by molar-refractivity contribution is -0.147. The third-order valence-electron chi connectivity index (χ3n) is 5.73. The van der Waals surface area contributed by atoms with E-state index in [2.05, 4.69) is 6.58 Å². The molecule has 7 heteroatoms. The summed E-state index contributed by atoms with van der Waals surface area (Å²) < 4.78 is 21.2. The van der Waals surface area contributed by atoms with Crippen molar-refractivity contribution in [1.82, 2.24) is 0 Å². The largest absolute Gasteiger partial charge is 0.493 e. The van der Waals surface area contributed by atoms with Crippen molar-refractivity contribution in [1.29, 1.82) is 0 Å². The summed E-state index contributed by atoms with van der Waals surface area (Å²) in [5.41, 5.74) is 3.89. The molecule has 0 spiro atoms. The molecule has 0 aliphatic heterocycles. The monoisotopic (exact) mass is 542 g/mol. The van der Waals surface area contributed by atoms with E-state index in [-0.39, 0.29) is 18.5 Å². The lowest BCUT2D eigenvalue weighted by Gasteiger charge is -2.09. The van der Waals surface area contributed by atoms with E-state index in [4.69, 9.17) is 18.9 Å². The molecule has 40 heavy (non-hydrogen) atoms. The topological polar surface area (TPSA) is 88.1 Å². The molecular formula is C33H34O7. The minimum Gasteiger partial charge on any atom is -0.493 e. The number of carbonyl (C=O) groups is 3. The molecule has 0 radical (unpaired) electrons. The van der Waals surface area contributed by atoms with Gasteiger partial charge in [0, 0.05) is 25.0 Å². The van der Waals surface area contributed by atoms with Gasteiger partial charge in [-0.05, 0) is 52.6 Å². The van der Waals surface area contributed by atoms with E-state index in [0.29, 0.717) is 31.8 Å². The molecular weight excluding hydrogens is 508 g/mol. The molecule has 0 bridgehead atoms. The van der Waals surface area contributed by atoms with Crippen molar-refractivity contribution in [3.63, 3.8) is 0 Å². The Hall–Kier alpha value is -4.65. The van der Waals surface area contributed by atoms with Crippen molar-refractivity contribution in [3.8, 4) is 22.6 Å². The summed E-state index contributed by atoms with van der Waals surface area (Å²) in [4.78, 5) is 34.8. The average Bonchev–Trinajstić information content (AvgIpc) is 2.97. The Kier molecular flexibility index (Phi) is 11.7. The fourth-order valence-electron chi connectivity index (χ4n) is 3.49. The van der Waals surface area contributed by atoms with Crippen molar-refractivity contribution >= 4 is 24.0 Å². The first-order valence-electron chi connectivity index (χ1n) is 13.1. The van der Waals surface area contributed by atoms with E-state index in [0.717, 1.165) is 34.1 Å². The van der Waals surface area contributed by atoms with Crippen molar-refractivity contribution in [3.05, 3.63) is 103 Å². The maximum Gasteiger partial charge on any atom is 0.336 e. The van der Waals surface area contributed by atoms with Crippen LogP contribution in [-0.4, -0.2) is 37.7 Å². The fraction of sp³-hybridized carbons (Fsp3) is 0.242. The van der Waals surface area contributed by atoms with Crippen LogP contribution in [0.4, 0.5) is 0 Å². The van der Waals surface area contributed by atoms with E-state index in [9.17, 15) is 14.4 Å². The lowest BCUT2D eigenvalue weighted by Crippen LogP contribution is -2.13. The van der Waals surface area contributed by atoms with E-state index < -0.39 is 11.9 Å². The molecule has 0 unspecified atom stereocenters. The summed E-state index contributed by atoms with van der Waals surface area (Å²) in [5, 5.41) is 0. The quantitative estimate of drug-likeness (QED) is 0.104. The van der Waals surface area contributed by atoms with E-state index in [1.54, 1.807) is 32.1 Å². The summed E-state index contributed by atoms with van der Waals surface area (Å²) in [5.74, 6) is -0.0798. The van der Waals surface area contributed by atoms with E-state index >= 15 is 0 Å². The molecule has 0 heterocycles. The molecule has 208 valence electrons. The SMILES string of the molecule is C=CC(=O)OCCc1ccc(OC(=O)/C=C/c2ccc(-c3ccc(OCCCOC(=O)C(C)C)cc3)cc2)cc1. The summed E-state index contributed by atoms with van der Waals surface area (Å²) in [6, 6.07) is 22.6. The van der Waals surface area contributed by atoms with E-state index in [1.165, 1.54) is 6.08 Å². The first-order chi connectivity index (χ1) is 19.3. The van der Waals surface area contributed by atoms with Gasteiger partial charge in [-0.1, -0.05) is 69.0 Å². The van der Waals surface area contributed by atoms with Crippen LogP contribution in [0.1, 0.15) is 31.4 Å². The van der Waals surface area contributed by atoms with Crippen LogP contribution in [0.25, 0.3) is 17.2 Å². The zero-order valence-electron chi connectivity index (χ0n) is 22.8. The molecule has 3 aromatic rings. The predicted octanol–water partition coefficient (Wildman–Crippen LogP) is 6.21. The number of rotatable bonds is 14. The first kappa shape index (κ1) is 29.9. The van der Waals surface area contributed by atoms with Gasteiger partial charge in [0.05, 0.1) is 25.7 Å². The van der Waals surface area contributed by atoms with Crippen LogP contribution < -0.4 is 9.47 Å². The van der Waals surface area contributed by atoms with Crippen LogP contribution in [0.2, 0.25) is 0 Å². The Morgan fingerprint density at radius 2 is 1.38 bits per heavy atom. The number of benzene rings is 3. The molecule has 0 saturated heterocycles.